The van der Waals surface area contributed by atoms with E-state index in [4.69, 9.17) is 14.6 Å². The summed E-state index contributed by atoms with van der Waals surface area (Å²) in [6.07, 6.45) is -3.77. The Bertz CT molecular complexity index is 759. The summed E-state index contributed by atoms with van der Waals surface area (Å²) in [5.41, 5.74) is -0.963. The van der Waals surface area contributed by atoms with Gasteiger partial charge < -0.3 is 14.4 Å². The van der Waals surface area contributed by atoms with Crippen molar-refractivity contribution in [2.24, 2.45) is 5.14 Å². The third-order valence-electron chi connectivity index (χ3n) is 4.46. The first-order chi connectivity index (χ1) is 11.5. The molecule has 1 unspecified atom stereocenters. The van der Waals surface area contributed by atoms with Crippen LogP contribution in [0.4, 0.5) is 18.9 Å². The highest BCUT2D eigenvalue weighted by Gasteiger charge is 2.43. The van der Waals surface area contributed by atoms with E-state index in [1.165, 1.54) is 6.07 Å². The molecular formula is C15H19F3N2O4S. The number of halogens is 3. The van der Waals surface area contributed by atoms with Gasteiger partial charge in [0.05, 0.1) is 23.2 Å². The molecule has 25 heavy (non-hydrogen) atoms. The Kier molecular flexibility index (Phi) is 4.51. The van der Waals surface area contributed by atoms with Gasteiger partial charge in [0, 0.05) is 31.6 Å². The molecule has 1 atom stereocenters. The number of alkyl halides is 3. The van der Waals surface area contributed by atoms with Crippen LogP contribution in [0.15, 0.2) is 23.1 Å². The predicted molar refractivity (Wildman–Crippen MR) is 83.5 cm³/mol. The van der Waals surface area contributed by atoms with Gasteiger partial charge in [-0.25, -0.2) is 13.6 Å². The molecule has 0 amide bonds. The Hall–Kier alpha value is -1.36. The van der Waals surface area contributed by atoms with Crippen molar-refractivity contribution in [2.45, 2.75) is 42.7 Å². The molecule has 2 N–H and O–H groups in total. The van der Waals surface area contributed by atoms with Crippen LogP contribution in [-0.2, 0) is 25.7 Å². The molecular weight excluding hydrogens is 361 g/mol. The van der Waals surface area contributed by atoms with E-state index in [1.807, 2.05) is 6.92 Å². The minimum Gasteiger partial charge on any atom is -0.371 e. The second-order valence-corrected chi connectivity index (χ2v) is 7.89. The van der Waals surface area contributed by atoms with Crippen molar-refractivity contribution in [2.75, 3.05) is 24.6 Å². The smallest absolute Gasteiger partial charge is 0.371 e. The highest BCUT2D eigenvalue weighted by atomic mass is 32.2. The average Bonchev–Trinajstić information content (AvgIpc) is 2.86. The standard InChI is InChI=1S/C15H19F3N2O4S/c1-10-9-23-14(24-10)4-6-20(7-5-14)11-2-3-13(25(19,21)22)12(8-11)15(16,17)18/h2-3,8,10H,4-7,9H2,1H3,(H2,19,21,22). The Morgan fingerprint density at radius 3 is 2.40 bits per heavy atom. The number of nitrogens with zero attached hydrogens (tertiary/aromatic N) is 1. The second kappa shape index (κ2) is 6.11. The number of sulfonamides is 1. The summed E-state index contributed by atoms with van der Waals surface area (Å²) in [4.78, 5) is 0.830. The van der Waals surface area contributed by atoms with E-state index in [2.05, 4.69) is 0 Å². The lowest BCUT2D eigenvalue weighted by molar-refractivity contribution is -0.178. The van der Waals surface area contributed by atoms with Crippen molar-refractivity contribution in [1.82, 2.24) is 0 Å². The van der Waals surface area contributed by atoms with E-state index < -0.39 is 32.4 Å². The first-order valence-corrected chi connectivity index (χ1v) is 9.36. The van der Waals surface area contributed by atoms with Gasteiger partial charge in [-0.1, -0.05) is 0 Å². The molecule has 2 aliphatic heterocycles. The molecule has 2 aliphatic rings. The van der Waals surface area contributed by atoms with Crippen LogP contribution in [-0.4, -0.2) is 40.0 Å². The first kappa shape index (κ1) is 18.4. The molecule has 6 nitrogen and oxygen atoms in total. The number of hydrogen-bond acceptors (Lipinski definition) is 5. The Balaban J connectivity index is 1.85. The summed E-state index contributed by atoms with van der Waals surface area (Å²) in [7, 11) is -4.47. The van der Waals surface area contributed by atoms with E-state index in [-0.39, 0.29) is 6.10 Å². The van der Waals surface area contributed by atoms with Gasteiger partial charge in [-0.15, -0.1) is 0 Å². The zero-order chi connectivity index (χ0) is 18.5. The van der Waals surface area contributed by atoms with Crippen LogP contribution in [0.25, 0.3) is 0 Å². The van der Waals surface area contributed by atoms with Gasteiger partial charge in [0.1, 0.15) is 0 Å². The van der Waals surface area contributed by atoms with Gasteiger partial charge >= 0.3 is 6.18 Å². The van der Waals surface area contributed by atoms with Crippen molar-refractivity contribution in [3.05, 3.63) is 23.8 Å². The third kappa shape index (κ3) is 3.76. The van der Waals surface area contributed by atoms with Crippen LogP contribution >= 0.6 is 0 Å². The lowest BCUT2D eigenvalue weighted by Gasteiger charge is -2.39. The molecule has 0 radical (unpaired) electrons. The molecule has 2 saturated heterocycles. The molecule has 3 rings (SSSR count). The zero-order valence-electron chi connectivity index (χ0n) is 13.5. The summed E-state index contributed by atoms with van der Waals surface area (Å²) in [5.74, 6) is -0.663. The Labute approximate surface area is 143 Å². The molecule has 1 aromatic carbocycles. The third-order valence-corrected chi connectivity index (χ3v) is 5.43. The number of primary sulfonamides is 1. The molecule has 1 spiro atoms. The SMILES string of the molecule is CC1COC2(CCN(c3ccc(S(N)(=O)=O)c(C(F)(F)F)c3)CC2)O1. The highest BCUT2D eigenvalue weighted by Crippen LogP contribution is 2.39. The molecule has 0 aromatic heterocycles. The molecule has 1 aromatic rings. The van der Waals surface area contributed by atoms with Gasteiger partial charge in [0.25, 0.3) is 0 Å². The summed E-state index contributed by atoms with van der Waals surface area (Å²) >= 11 is 0. The van der Waals surface area contributed by atoms with Gasteiger partial charge in [-0.05, 0) is 25.1 Å². The number of piperidine rings is 1. The maximum Gasteiger partial charge on any atom is 0.417 e. The average molecular weight is 380 g/mol. The van der Waals surface area contributed by atoms with E-state index in [9.17, 15) is 21.6 Å². The summed E-state index contributed by atoms with van der Waals surface area (Å²) in [5, 5.41) is 4.90. The monoisotopic (exact) mass is 380 g/mol. The van der Waals surface area contributed by atoms with Crippen LogP contribution < -0.4 is 10.0 Å². The summed E-state index contributed by atoms with van der Waals surface area (Å²) < 4.78 is 74.0. The van der Waals surface area contributed by atoms with Crippen molar-refractivity contribution in [1.29, 1.82) is 0 Å². The fraction of sp³-hybridized carbons (Fsp3) is 0.600. The zero-order valence-corrected chi connectivity index (χ0v) is 14.4. The maximum atomic E-state index is 13.2. The number of anilines is 1. The van der Waals surface area contributed by atoms with Crippen LogP contribution in [0, 0.1) is 0 Å². The summed E-state index contributed by atoms with van der Waals surface area (Å²) in [6, 6.07) is 3.07. The number of nitrogens with two attached hydrogens (primary N) is 1. The quantitative estimate of drug-likeness (QED) is 0.850. The van der Waals surface area contributed by atoms with Gasteiger partial charge in [0.15, 0.2) is 5.79 Å². The predicted octanol–water partition coefficient (Wildman–Crippen LogP) is 2.08. The van der Waals surface area contributed by atoms with E-state index in [1.54, 1.807) is 4.90 Å². The molecule has 0 bridgehead atoms. The van der Waals surface area contributed by atoms with E-state index >= 15 is 0 Å². The Morgan fingerprint density at radius 2 is 1.92 bits per heavy atom. The largest absolute Gasteiger partial charge is 0.417 e. The lowest BCUT2D eigenvalue weighted by atomic mass is 10.0. The van der Waals surface area contributed by atoms with E-state index in [0.717, 1.165) is 12.1 Å². The molecule has 0 saturated carbocycles. The van der Waals surface area contributed by atoms with Crippen molar-refractivity contribution in [3.8, 4) is 0 Å². The fourth-order valence-electron chi connectivity index (χ4n) is 3.26. The van der Waals surface area contributed by atoms with Crippen LogP contribution in [0.2, 0.25) is 0 Å². The maximum absolute atomic E-state index is 13.2. The van der Waals surface area contributed by atoms with Gasteiger partial charge in [-0.2, -0.15) is 13.2 Å². The molecule has 140 valence electrons. The van der Waals surface area contributed by atoms with Gasteiger partial charge in [0.2, 0.25) is 10.0 Å². The molecule has 2 fully saturated rings. The number of rotatable bonds is 2. The molecule has 10 heteroatoms. The van der Waals surface area contributed by atoms with Crippen molar-refractivity contribution < 1.29 is 31.1 Å². The van der Waals surface area contributed by atoms with E-state index in [0.29, 0.717) is 38.2 Å². The topological polar surface area (TPSA) is 81.9 Å². The minimum atomic E-state index is -4.82. The number of ether oxygens (including phenoxy) is 2. The Morgan fingerprint density at radius 1 is 1.28 bits per heavy atom. The molecule has 0 aliphatic carbocycles. The van der Waals surface area contributed by atoms with Gasteiger partial charge in [-0.3, -0.25) is 0 Å². The summed E-state index contributed by atoms with van der Waals surface area (Å²) in [6.45, 7) is 3.29. The lowest BCUT2D eigenvalue weighted by Crippen LogP contribution is -2.45. The highest BCUT2D eigenvalue weighted by molar-refractivity contribution is 7.89. The van der Waals surface area contributed by atoms with Crippen molar-refractivity contribution in [3.63, 3.8) is 0 Å². The first-order valence-electron chi connectivity index (χ1n) is 7.81. The van der Waals surface area contributed by atoms with Crippen LogP contribution in [0.5, 0.6) is 0 Å². The number of benzene rings is 1. The normalized spacial score (nSPS) is 24.0. The minimum absolute atomic E-state index is 0.00238. The van der Waals surface area contributed by atoms with Crippen LogP contribution in [0.3, 0.4) is 0 Å². The molecule has 2 heterocycles. The fourth-order valence-corrected chi connectivity index (χ4v) is 3.99. The van der Waals surface area contributed by atoms with Crippen LogP contribution in [0.1, 0.15) is 25.3 Å². The number of hydrogen-bond donors (Lipinski definition) is 1. The second-order valence-electron chi connectivity index (χ2n) is 6.36. The van der Waals surface area contributed by atoms with Crippen molar-refractivity contribution >= 4 is 15.7 Å².